The minimum absolute atomic E-state index is 0.0703. The van der Waals surface area contributed by atoms with Crippen LogP contribution in [0.25, 0.3) is 0 Å². The summed E-state index contributed by atoms with van der Waals surface area (Å²) in [6, 6.07) is 17.2. The Kier molecular flexibility index (Phi) is 5.63. The van der Waals surface area contributed by atoms with Crippen LogP contribution in [0.4, 0.5) is 0 Å². The summed E-state index contributed by atoms with van der Waals surface area (Å²) < 4.78 is 35.9. The van der Waals surface area contributed by atoms with Gasteiger partial charge in [0.05, 0.1) is 18.0 Å². The van der Waals surface area contributed by atoms with Crippen LogP contribution in [0, 0.1) is 0 Å². The van der Waals surface area contributed by atoms with Crippen molar-refractivity contribution in [1.29, 1.82) is 0 Å². The SMILES string of the molecule is COc1ccc(S(=O)(=O)Cc2ccc(C(=O)N[C@@H]3CCCc4ccccc43)o2)cc1. The summed E-state index contributed by atoms with van der Waals surface area (Å²) in [5.41, 5.74) is 2.38. The number of hydrogen-bond donors (Lipinski definition) is 1. The Labute approximate surface area is 175 Å². The fourth-order valence-corrected chi connectivity index (χ4v) is 5.01. The minimum atomic E-state index is -3.60. The standard InChI is InChI=1S/C23H23NO5S/c1-28-17-9-12-19(13-10-17)30(26,27)15-18-11-14-22(29-18)23(25)24-21-8-4-6-16-5-2-3-7-20(16)21/h2-3,5,7,9-14,21H,4,6,8,15H2,1H3,(H,24,25)/t21-/m1/s1. The highest BCUT2D eigenvalue weighted by molar-refractivity contribution is 7.90. The molecule has 0 bridgehead atoms. The van der Waals surface area contributed by atoms with Crippen molar-refractivity contribution < 1.29 is 22.4 Å². The molecule has 30 heavy (non-hydrogen) atoms. The van der Waals surface area contributed by atoms with Crippen molar-refractivity contribution in [2.75, 3.05) is 7.11 Å². The molecule has 4 rings (SSSR count). The number of rotatable bonds is 6. The molecule has 0 saturated carbocycles. The quantitative estimate of drug-likeness (QED) is 0.643. The van der Waals surface area contributed by atoms with Gasteiger partial charge in [0, 0.05) is 0 Å². The number of hydrogen-bond acceptors (Lipinski definition) is 5. The summed E-state index contributed by atoms with van der Waals surface area (Å²) in [4.78, 5) is 12.8. The maximum absolute atomic E-state index is 12.7. The molecule has 1 amide bonds. The minimum Gasteiger partial charge on any atom is -0.497 e. The number of furan rings is 1. The number of ether oxygens (including phenoxy) is 1. The Morgan fingerprint density at radius 2 is 1.87 bits per heavy atom. The van der Waals surface area contributed by atoms with Crippen molar-refractivity contribution in [1.82, 2.24) is 5.32 Å². The summed E-state index contributed by atoms with van der Waals surface area (Å²) in [6.07, 6.45) is 2.88. The Morgan fingerprint density at radius 1 is 1.10 bits per heavy atom. The maximum Gasteiger partial charge on any atom is 0.287 e. The van der Waals surface area contributed by atoms with Crippen LogP contribution in [0.3, 0.4) is 0 Å². The zero-order valence-electron chi connectivity index (χ0n) is 16.6. The number of amides is 1. The molecule has 1 atom stereocenters. The number of aryl methyl sites for hydroxylation is 1. The molecule has 1 aromatic heterocycles. The molecule has 0 unspecified atom stereocenters. The van der Waals surface area contributed by atoms with Crippen molar-refractivity contribution in [3.8, 4) is 5.75 Å². The van der Waals surface area contributed by atoms with E-state index in [-0.39, 0.29) is 34.1 Å². The van der Waals surface area contributed by atoms with Gasteiger partial charge in [-0.15, -0.1) is 0 Å². The third-order valence-electron chi connectivity index (χ3n) is 5.31. The van der Waals surface area contributed by atoms with Crippen LogP contribution >= 0.6 is 0 Å². The molecule has 0 saturated heterocycles. The predicted octanol–water partition coefficient (Wildman–Crippen LogP) is 4.07. The molecule has 1 heterocycles. The first-order valence-corrected chi connectivity index (χ1v) is 11.5. The van der Waals surface area contributed by atoms with E-state index >= 15 is 0 Å². The van der Waals surface area contributed by atoms with Gasteiger partial charge in [-0.25, -0.2) is 8.42 Å². The van der Waals surface area contributed by atoms with Gasteiger partial charge in [0.2, 0.25) is 0 Å². The highest BCUT2D eigenvalue weighted by atomic mass is 32.2. The molecule has 0 fully saturated rings. The van der Waals surface area contributed by atoms with Crippen LogP contribution in [0.1, 0.15) is 46.3 Å². The Hall–Kier alpha value is -3.06. The lowest BCUT2D eigenvalue weighted by Gasteiger charge is -2.25. The van der Waals surface area contributed by atoms with Crippen molar-refractivity contribution in [2.24, 2.45) is 0 Å². The van der Waals surface area contributed by atoms with E-state index in [1.165, 1.54) is 36.9 Å². The molecule has 2 aromatic carbocycles. The average Bonchev–Trinajstić information content (AvgIpc) is 3.22. The predicted molar refractivity (Wildman–Crippen MR) is 112 cm³/mol. The van der Waals surface area contributed by atoms with E-state index in [9.17, 15) is 13.2 Å². The maximum atomic E-state index is 12.7. The molecule has 1 aliphatic rings. The van der Waals surface area contributed by atoms with Gasteiger partial charge in [0.15, 0.2) is 15.6 Å². The second kappa shape index (κ2) is 8.36. The monoisotopic (exact) mass is 425 g/mol. The Balaban J connectivity index is 1.45. The Morgan fingerprint density at radius 3 is 2.63 bits per heavy atom. The number of sulfone groups is 1. The number of carbonyl (C=O) groups excluding carboxylic acids is 1. The molecule has 3 aromatic rings. The summed E-state index contributed by atoms with van der Waals surface area (Å²) in [5, 5.41) is 3.02. The number of fused-ring (bicyclic) bond motifs is 1. The van der Waals surface area contributed by atoms with Gasteiger partial charge in [-0.3, -0.25) is 4.79 Å². The van der Waals surface area contributed by atoms with Crippen LogP contribution in [0.2, 0.25) is 0 Å². The first-order chi connectivity index (χ1) is 14.5. The molecule has 7 heteroatoms. The lowest BCUT2D eigenvalue weighted by molar-refractivity contribution is 0.0903. The second-order valence-corrected chi connectivity index (χ2v) is 9.31. The molecule has 6 nitrogen and oxygen atoms in total. The molecular formula is C23H23NO5S. The number of methoxy groups -OCH3 is 1. The molecule has 1 N–H and O–H groups in total. The van der Waals surface area contributed by atoms with Crippen LogP contribution in [-0.2, 0) is 22.0 Å². The van der Waals surface area contributed by atoms with Gasteiger partial charge < -0.3 is 14.5 Å². The molecule has 0 spiro atoms. The second-order valence-electron chi connectivity index (χ2n) is 7.32. The van der Waals surface area contributed by atoms with Crippen LogP contribution in [0.15, 0.2) is 70.0 Å². The van der Waals surface area contributed by atoms with E-state index in [0.717, 1.165) is 24.8 Å². The molecule has 0 radical (unpaired) electrons. The molecular weight excluding hydrogens is 402 g/mol. The van der Waals surface area contributed by atoms with Crippen LogP contribution < -0.4 is 10.1 Å². The van der Waals surface area contributed by atoms with E-state index in [1.54, 1.807) is 12.1 Å². The van der Waals surface area contributed by atoms with Gasteiger partial charge in [-0.1, -0.05) is 24.3 Å². The van der Waals surface area contributed by atoms with Crippen molar-refractivity contribution in [2.45, 2.75) is 36.0 Å². The normalized spacial score (nSPS) is 16.0. The third kappa shape index (κ3) is 4.26. The lowest BCUT2D eigenvalue weighted by atomic mass is 9.88. The number of nitrogens with one attached hydrogen (secondary N) is 1. The summed E-state index contributed by atoms with van der Waals surface area (Å²) in [6.45, 7) is 0. The zero-order valence-corrected chi connectivity index (χ0v) is 17.4. The van der Waals surface area contributed by atoms with E-state index in [2.05, 4.69) is 11.4 Å². The first kappa shape index (κ1) is 20.2. The van der Waals surface area contributed by atoms with Crippen molar-refractivity contribution >= 4 is 15.7 Å². The molecule has 156 valence electrons. The highest BCUT2D eigenvalue weighted by Gasteiger charge is 2.24. The smallest absolute Gasteiger partial charge is 0.287 e. The summed E-state index contributed by atoms with van der Waals surface area (Å²) in [5.74, 6) is 0.247. The van der Waals surface area contributed by atoms with E-state index in [4.69, 9.17) is 9.15 Å². The van der Waals surface area contributed by atoms with E-state index < -0.39 is 9.84 Å². The molecule has 0 aliphatic heterocycles. The molecule has 1 aliphatic carbocycles. The van der Waals surface area contributed by atoms with Crippen LogP contribution in [-0.4, -0.2) is 21.4 Å². The highest BCUT2D eigenvalue weighted by Crippen LogP contribution is 2.30. The van der Waals surface area contributed by atoms with Gasteiger partial charge in [0.1, 0.15) is 17.3 Å². The third-order valence-corrected chi connectivity index (χ3v) is 6.97. The van der Waals surface area contributed by atoms with Crippen LogP contribution in [0.5, 0.6) is 5.75 Å². The zero-order chi connectivity index (χ0) is 21.1. The average molecular weight is 426 g/mol. The van der Waals surface area contributed by atoms with Crippen molar-refractivity contribution in [3.63, 3.8) is 0 Å². The topological polar surface area (TPSA) is 85.6 Å². The Bertz CT molecular complexity index is 1150. The largest absolute Gasteiger partial charge is 0.497 e. The number of carbonyl (C=O) groups is 1. The summed E-state index contributed by atoms with van der Waals surface area (Å²) in [7, 11) is -2.08. The summed E-state index contributed by atoms with van der Waals surface area (Å²) >= 11 is 0. The van der Waals surface area contributed by atoms with E-state index in [0.29, 0.717) is 5.75 Å². The van der Waals surface area contributed by atoms with Gasteiger partial charge in [0.25, 0.3) is 5.91 Å². The fourth-order valence-electron chi connectivity index (χ4n) is 3.76. The van der Waals surface area contributed by atoms with E-state index in [1.807, 2.05) is 18.2 Å². The lowest BCUT2D eigenvalue weighted by Crippen LogP contribution is -2.30. The fraction of sp³-hybridized carbons (Fsp3) is 0.261. The van der Waals surface area contributed by atoms with Gasteiger partial charge >= 0.3 is 0 Å². The number of benzene rings is 2. The van der Waals surface area contributed by atoms with Gasteiger partial charge in [-0.05, 0) is 66.8 Å². The van der Waals surface area contributed by atoms with Gasteiger partial charge in [-0.2, -0.15) is 0 Å². The van der Waals surface area contributed by atoms with Crippen molar-refractivity contribution in [3.05, 3.63) is 83.3 Å². The first-order valence-electron chi connectivity index (χ1n) is 9.80.